The van der Waals surface area contributed by atoms with Gasteiger partial charge in [0.1, 0.15) is 0 Å². The highest BCUT2D eigenvalue weighted by molar-refractivity contribution is 7.46. The maximum atomic E-state index is 12.5. The summed E-state index contributed by atoms with van der Waals surface area (Å²) in [5.74, 6) is -0.226. The number of carbonyl (C=O) groups is 1. The monoisotopic (exact) mass is 646 g/mol. The third-order valence-corrected chi connectivity index (χ3v) is 8.98. The Morgan fingerprint density at radius 2 is 1.00 bits per heavy atom. The Morgan fingerprint density at radius 3 is 1.39 bits per heavy atom. The molecule has 0 fully saturated rings. The SMILES string of the molecule is CCCCCCCCCCCCCCCC/C=C/[C@@H](O)[C@H](COP(=O)(O)O)NC(=O)CCCCCCCCCCCCCC. The predicted octanol–water partition coefficient (Wildman–Crippen LogP) is 10.5. The van der Waals surface area contributed by atoms with Gasteiger partial charge in [0.25, 0.3) is 0 Å². The van der Waals surface area contributed by atoms with Crippen LogP contribution in [0.25, 0.3) is 0 Å². The van der Waals surface area contributed by atoms with Gasteiger partial charge < -0.3 is 20.2 Å². The number of allylic oxidation sites excluding steroid dienone is 1. The van der Waals surface area contributed by atoms with Crippen molar-refractivity contribution in [1.29, 1.82) is 0 Å². The Hall–Kier alpha value is -0.720. The standard InChI is InChI=1S/C36H72NO6P/c1-3-5-7-9-11-13-15-17-18-19-20-21-23-25-27-29-31-35(38)34(33-43-44(40,41)42)37-36(39)32-30-28-26-24-22-16-14-12-10-8-6-4-2/h29,31,34-35,38H,3-28,30,32-33H2,1-2H3,(H,37,39)(H2,40,41,42)/b31-29+/t34-,35+/m0/s1. The van der Waals surface area contributed by atoms with E-state index in [1.54, 1.807) is 6.08 Å². The van der Waals surface area contributed by atoms with Crippen molar-refractivity contribution in [2.75, 3.05) is 6.61 Å². The van der Waals surface area contributed by atoms with Gasteiger partial charge >= 0.3 is 7.82 Å². The molecular formula is C36H72NO6P. The summed E-state index contributed by atoms with van der Waals surface area (Å²) in [6.07, 6.45) is 36.5. The second-order valence-electron chi connectivity index (χ2n) is 12.9. The van der Waals surface area contributed by atoms with Crippen molar-refractivity contribution in [3.05, 3.63) is 12.2 Å². The fourth-order valence-corrected chi connectivity index (χ4v) is 5.99. The number of aliphatic hydroxyl groups excluding tert-OH is 1. The van der Waals surface area contributed by atoms with E-state index in [0.717, 1.165) is 38.5 Å². The molecule has 8 heteroatoms. The number of aliphatic hydroxyl groups is 1. The predicted molar refractivity (Wildman–Crippen MR) is 186 cm³/mol. The van der Waals surface area contributed by atoms with Crippen LogP contribution in [0.4, 0.5) is 0 Å². The van der Waals surface area contributed by atoms with Gasteiger partial charge in [0.05, 0.1) is 18.8 Å². The smallest absolute Gasteiger partial charge is 0.387 e. The van der Waals surface area contributed by atoms with Crippen molar-refractivity contribution < 1.29 is 28.8 Å². The molecule has 0 saturated carbocycles. The highest BCUT2D eigenvalue weighted by atomic mass is 31.2. The summed E-state index contributed by atoms with van der Waals surface area (Å²) in [6, 6.07) is -0.903. The number of hydrogen-bond donors (Lipinski definition) is 4. The Bertz CT molecular complexity index is 698. The first-order chi connectivity index (χ1) is 21.3. The zero-order valence-corrected chi connectivity index (χ0v) is 29.7. The number of phosphoric ester groups is 1. The highest BCUT2D eigenvalue weighted by Crippen LogP contribution is 2.35. The van der Waals surface area contributed by atoms with Crippen molar-refractivity contribution in [3.63, 3.8) is 0 Å². The summed E-state index contributed by atoms with van der Waals surface area (Å²) < 4.78 is 15.8. The van der Waals surface area contributed by atoms with Gasteiger partial charge in [-0.3, -0.25) is 9.32 Å². The lowest BCUT2D eigenvalue weighted by Gasteiger charge is -2.22. The quantitative estimate of drug-likeness (QED) is 0.0314. The van der Waals surface area contributed by atoms with Gasteiger partial charge in [0.15, 0.2) is 0 Å². The van der Waals surface area contributed by atoms with Crippen molar-refractivity contribution in [3.8, 4) is 0 Å². The molecule has 0 aromatic carbocycles. The van der Waals surface area contributed by atoms with E-state index < -0.39 is 26.6 Å². The number of hydrogen-bond acceptors (Lipinski definition) is 4. The van der Waals surface area contributed by atoms with Crippen LogP contribution >= 0.6 is 7.82 Å². The first-order valence-corrected chi connectivity index (χ1v) is 20.2. The van der Waals surface area contributed by atoms with Gasteiger partial charge in [0, 0.05) is 6.42 Å². The van der Waals surface area contributed by atoms with E-state index in [-0.39, 0.29) is 5.91 Å². The molecule has 262 valence electrons. The molecule has 0 aromatic heterocycles. The van der Waals surface area contributed by atoms with Crippen LogP contribution in [0.5, 0.6) is 0 Å². The third kappa shape index (κ3) is 32.7. The minimum atomic E-state index is -4.70. The highest BCUT2D eigenvalue weighted by Gasteiger charge is 2.24. The number of nitrogens with one attached hydrogen (secondary N) is 1. The van der Waals surface area contributed by atoms with E-state index in [9.17, 15) is 14.5 Å². The summed E-state index contributed by atoms with van der Waals surface area (Å²) >= 11 is 0. The molecule has 0 aliphatic rings. The molecule has 2 atom stereocenters. The minimum absolute atomic E-state index is 0.226. The van der Waals surface area contributed by atoms with Gasteiger partial charge in [-0.15, -0.1) is 0 Å². The number of phosphoric acid groups is 1. The van der Waals surface area contributed by atoms with Gasteiger partial charge in [-0.1, -0.05) is 180 Å². The van der Waals surface area contributed by atoms with E-state index in [1.807, 2.05) is 6.08 Å². The minimum Gasteiger partial charge on any atom is -0.387 e. The third-order valence-electron chi connectivity index (χ3n) is 8.50. The lowest BCUT2D eigenvalue weighted by atomic mass is 10.0. The van der Waals surface area contributed by atoms with E-state index in [2.05, 4.69) is 23.7 Å². The van der Waals surface area contributed by atoms with Crippen LogP contribution in [0.3, 0.4) is 0 Å². The molecule has 0 spiro atoms. The van der Waals surface area contributed by atoms with Gasteiger partial charge in [-0.2, -0.15) is 0 Å². The summed E-state index contributed by atoms with van der Waals surface area (Å²) in [7, 11) is -4.70. The Labute approximate surface area is 272 Å². The van der Waals surface area contributed by atoms with Crippen LogP contribution in [-0.4, -0.2) is 39.6 Å². The molecule has 0 heterocycles. The molecule has 44 heavy (non-hydrogen) atoms. The topological polar surface area (TPSA) is 116 Å². The normalized spacial score (nSPS) is 13.5. The lowest BCUT2D eigenvalue weighted by Crippen LogP contribution is -2.45. The first kappa shape index (κ1) is 43.3. The maximum absolute atomic E-state index is 12.5. The fourth-order valence-electron chi connectivity index (χ4n) is 5.64. The van der Waals surface area contributed by atoms with E-state index in [0.29, 0.717) is 6.42 Å². The summed E-state index contributed by atoms with van der Waals surface area (Å²) in [6.45, 7) is 4.06. The Morgan fingerprint density at radius 1 is 0.636 bits per heavy atom. The molecule has 0 aliphatic carbocycles. The van der Waals surface area contributed by atoms with Crippen LogP contribution in [0.2, 0.25) is 0 Å². The second kappa shape index (κ2) is 32.2. The molecule has 0 rings (SSSR count). The zero-order valence-electron chi connectivity index (χ0n) is 28.8. The van der Waals surface area contributed by atoms with Gasteiger partial charge in [-0.25, -0.2) is 4.57 Å². The van der Waals surface area contributed by atoms with Crippen molar-refractivity contribution in [2.24, 2.45) is 0 Å². The average Bonchev–Trinajstić information content (AvgIpc) is 2.99. The molecule has 0 radical (unpaired) electrons. The van der Waals surface area contributed by atoms with E-state index in [1.165, 1.54) is 135 Å². The first-order valence-electron chi connectivity index (χ1n) is 18.6. The van der Waals surface area contributed by atoms with Gasteiger partial charge in [0.2, 0.25) is 5.91 Å². The Balaban J connectivity index is 4.03. The van der Waals surface area contributed by atoms with Crippen molar-refractivity contribution in [1.82, 2.24) is 5.32 Å². The van der Waals surface area contributed by atoms with Crippen molar-refractivity contribution in [2.45, 2.75) is 206 Å². The molecule has 0 aliphatic heterocycles. The number of amides is 1. The zero-order chi connectivity index (χ0) is 32.6. The van der Waals surface area contributed by atoms with Crippen LogP contribution < -0.4 is 5.32 Å². The second-order valence-corrected chi connectivity index (χ2v) is 14.1. The molecule has 1 amide bonds. The largest absolute Gasteiger partial charge is 0.469 e. The van der Waals surface area contributed by atoms with Crippen LogP contribution in [-0.2, 0) is 13.9 Å². The molecular weight excluding hydrogens is 573 g/mol. The Kier molecular flexibility index (Phi) is 31.7. The molecule has 4 N–H and O–H groups in total. The number of unbranched alkanes of at least 4 members (excludes halogenated alkanes) is 25. The number of rotatable bonds is 34. The lowest BCUT2D eigenvalue weighted by molar-refractivity contribution is -0.123. The van der Waals surface area contributed by atoms with Crippen LogP contribution in [0.1, 0.15) is 194 Å². The maximum Gasteiger partial charge on any atom is 0.469 e. The molecule has 7 nitrogen and oxygen atoms in total. The van der Waals surface area contributed by atoms with Crippen LogP contribution in [0, 0.1) is 0 Å². The fraction of sp³-hybridized carbons (Fsp3) is 0.917. The summed E-state index contributed by atoms with van der Waals surface area (Å²) in [4.78, 5) is 30.7. The van der Waals surface area contributed by atoms with Crippen molar-refractivity contribution >= 4 is 13.7 Å². The van der Waals surface area contributed by atoms with Gasteiger partial charge in [-0.05, 0) is 19.3 Å². The van der Waals surface area contributed by atoms with E-state index >= 15 is 0 Å². The molecule has 0 bridgehead atoms. The molecule has 0 unspecified atom stereocenters. The average molecular weight is 646 g/mol. The summed E-state index contributed by atoms with van der Waals surface area (Å²) in [5, 5.41) is 13.3. The molecule has 0 aromatic rings. The number of carbonyl (C=O) groups excluding carboxylic acids is 1. The van der Waals surface area contributed by atoms with E-state index in [4.69, 9.17) is 9.79 Å². The molecule has 0 saturated heterocycles. The summed E-state index contributed by atoms with van der Waals surface area (Å²) in [5.41, 5.74) is 0. The van der Waals surface area contributed by atoms with Crippen LogP contribution in [0.15, 0.2) is 12.2 Å².